The van der Waals surface area contributed by atoms with Gasteiger partial charge >= 0.3 is 0 Å². The van der Waals surface area contributed by atoms with Gasteiger partial charge in [0.05, 0.1) is 5.60 Å². The minimum absolute atomic E-state index is 0.564. The number of rotatable bonds is 1. The van der Waals surface area contributed by atoms with Crippen LogP contribution < -0.4 is 0 Å². The van der Waals surface area contributed by atoms with Crippen molar-refractivity contribution in [2.24, 2.45) is 0 Å². The molecule has 0 saturated heterocycles. The van der Waals surface area contributed by atoms with Crippen LogP contribution in [0.5, 0.6) is 0 Å². The van der Waals surface area contributed by atoms with Crippen LogP contribution in [-0.4, -0.2) is 10.1 Å². The van der Waals surface area contributed by atoms with E-state index in [1.807, 2.05) is 12.4 Å². The predicted molar refractivity (Wildman–Crippen MR) is 60.7 cm³/mol. The van der Waals surface area contributed by atoms with Gasteiger partial charge in [-0.2, -0.15) is 0 Å². The van der Waals surface area contributed by atoms with Gasteiger partial charge in [0.15, 0.2) is 0 Å². The lowest BCUT2D eigenvalue weighted by Crippen LogP contribution is -2.20. The van der Waals surface area contributed by atoms with Crippen LogP contribution >= 0.6 is 0 Å². The predicted octanol–water partition coefficient (Wildman–Crippen LogP) is 2.93. The van der Waals surface area contributed by atoms with E-state index >= 15 is 0 Å². The minimum Gasteiger partial charge on any atom is -0.385 e. The summed E-state index contributed by atoms with van der Waals surface area (Å²) in [6, 6.07) is 6.25. The van der Waals surface area contributed by atoms with Crippen molar-refractivity contribution >= 4 is 10.8 Å². The highest BCUT2D eigenvalue weighted by molar-refractivity contribution is 5.82. The molecule has 0 aliphatic heterocycles. The normalized spacial score (nSPS) is 19.8. The van der Waals surface area contributed by atoms with E-state index in [4.69, 9.17) is 0 Å². The summed E-state index contributed by atoms with van der Waals surface area (Å²) >= 11 is 0. The lowest BCUT2D eigenvalue weighted by Gasteiger charge is -2.22. The van der Waals surface area contributed by atoms with Gasteiger partial charge in [0.2, 0.25) is 0 Å². The fraction of sp³-hybridized carbons (Fsp3) is 0.385. The van der Waals surface area contributed by atoms with Gasteiger partial charge in [-0.25, -0.2) is 0 Å². The third kappa shape index (κ3) is 1.37. The summed E-state index contributed by atoms with van der Waals surface area (Å²) < 4.78 is 0. The van der Waals surface area contributed by atoms with E-state index in [1.165, 1.54) is 10.8 Å². The Morgan fingerprint density at radius 2 is 1.80 bits per heavy atom. The molecule has 0 atom stereocenters. The lowest BCUT2D eigenvalue weighted by atomic mass is 9.91. The number of benzene rings is 1. The van der Waals surface area contributed by atoms with E-state index in [0.717, 1.165) is 31.2 Å². The summed E-state index contributed by atoms with van der Waals surface area (Å²) in [5.41, 5.74) is 0.512. The maximum atomic E-state index is 10.4. The van der Waals surface area contributed by atoms with E-state index in [-0.39, 0.29) is 0 Å². The second-order valence-electron chi connectivity index (χ2n) is 4.54. The van der Waals surface area contributed by atoms with Crippen molar-refractivity contribution in [3.63, 3.8) is 0 Å². The first-order valence-corrected chi connectivity index (χ1v) is 5.57. The minimum atomic E-state index is -0.564. The fourth-order valence-corrected chi connectivity index (χ4v) is 2.59. The molecular formula is C13H15NO. The van der Waals surface area contributed by atoms with E-state index < -0.39 is 5.60 Å². The van der Waals surface area contributed by atoms with E-state index in [9.17, 15) is 5.11 Å². The Bertz CT molecular complexity index is 480. The third-order valence-electron chi connectivity index (χ3n) is 3.53. The Balaban J connectivity index is 2.10. The van der Waals surface area contributed by atoms with Crippen LogP contribution in [0.15, 0.2) is 30.6 Å². The second-order valence-corrected chi connectivity index (χ2v) is 4.54. The van der Waals surface area contributed by atoms with Crippen molar-refractivity contribution in [1.82, 2.24) is 4.98 Å². The standard InChI is InChI=1S/C13H15NO/c15-13(5-1-2-6-13)12-4-3-10-8-14-9-11(10)7-12/h3-4,7-9,14-15H,1-2,5-6H2. The smallest absolute Gasteiger partial charge is 0.0896 e. The van der Waals surface area contributed by atoms with Gasteiger partial charge in [0, 0.05) is 12.4 Å². The molecule has 0 spiro atoms. The van der Waals surface area contributed by atoms with Crippen LogP contribution in [0.25, 0.3) is 10.8 Å². The SMILES string of the molecule is OC1(c2ccc3c[nH]cc3c2)CCCC1. The summed E-state index contributed by atoms with van der Waals surface area (Å²) in [7, 11) is 0. The molecule has 2 nitrogen and oxygen atoms in total. The first-order chi connectivity index (χ1) is 7.28. The van der Waals surface area contributed by atoms with E-state index in [1.54, 1.807) is 0 Å². The maximum absolute atomic E-state index is 10.4. The maximum Gasteiger partial charge on any atom is 0.0896 e. The lowest BCUT2D eigenvalue weighted by molar-refractivity contribution is 0.0446. The van der Waals surface area contributed by atoms with Crippen molar-refractivity contribution < 1.29 is 5.11 Å². The van der Waals surface area contributed by atoms with Gasteiger partial charge in [-0.3, -0.25) is 0 Å². The van der Waals surface area contributed by atoms with Crippen LogP contribution in [-0.2, 0) is 5.60 Å². The van der Waals surface area contributed by atoms with Crippen LogP contribution in [0, 0.1) is 0 Å². The highest BCUT2D eigenvalue weighted by Gasteiger charge is 2.32. The zero-order valence-corrected chi connectivity index (χ0v) is 8.66. The van der Waals surface area contributed by atoms with Gasteiger partial charge in [-0.15, -0.1) is 0 Å². The number of H-pyrrole nitrogens is 1. The molecule has 0 radical (unpaired) electrons. The molecule has 1 aliphatic carbocycles. The number of aliphatic hydroxyl groups is 1. The quantitative estimate of drug-likeness (QED) is 0.731. The van der Waals surface area contributed by atoms with Crippen molar-refractivity contribution in [1.29, 1.82) is 0 Å². The van der Waals surface area contributed by atoms with E-state index in [0.29, 0.717) is 0 Å². The van der Waals surface area contributed by atoms with Gasteiger partial charge in [-0.1, -0.05) is 25.0 Å². The second kappa shape index (κ2) is 3.11. The molecule has 2 heteroatoms. The Morgan fingerprint density at radius 3 is 2.60 bits per heavy atom. The van der Waals surface area contributed by atoms with Gasteiger partial charge in [-0.05, 0) is 35.2 Å². The third-order valence-corrected chi connectivity index (χ3v) is 3.53. The summed E-state index contributed by atoms with van der Waals surface area (Å²) in [4.78, 5) is 3.09. The van der Waals surface area contributed by atoms with Crippen LogP contribution in [0.2, 0.25) is 0 Å². The highest BCUT2D eigenvalue weighted by atomic mass is 16.3. The monoisotopic (exact) mass is 201 g/mol. The van der Waals surface area contributed by atoms with Crippen molar-refractivity contribution in [2.45, 2.75) is 31.3 Å². The largest absolute Gasteiger partial charge is 0.385 e. The number of hydrogen-bond acceptors (Lipinski definition) is 1. The molecule has 1 heterocycles. The number of aromatic amines is 1. The van der Waals surface area contributed by atoms with Gasteiger partial charge in [0.1, 0.15) is 0 Å². The van der Waals surface area contributed by atoms with E-state index in [2.05, 4.69) is 23.2 Å². The average Bonchev–Trinajstić information content (AvgIpc) is 2.85. The molecule has 2 N–H and O–H groups in total. The number of aromatic nitrogens is 1. The average molecular weight is 201 g/mol. The summed E-state index contributed by atoms with van der Waals surface area (Å²) in [6.45, 7) is 0. The van der Waals surface area contributed by atoms with Gasteiger partial charge in [0.25, 0.3) is 0 Å². The molecule has 0 unspecified atom stereocenters. The summed E-state index contributed by atoms with van der Waals surface area (Å²) in [6.07, 6.45) is 8.06. The van der Waals surface area contributed by atoms with Crippen molar-refractivity contribution in [3.8, 4) is 0 Å². The number of nitrogens with one attached hydrogen (secondary N) is 1. The zero-order chi connectivity index (χ0) is 10.3. The fourth-order valence-electron chi connectivity index (χ4n) is 2.59. The zero-order valence-electron chi connectivity index (χ0n) is 8.66. The molecule has 1 fully saturated rings. The van der Waals surface area contributed by atoms with Crippen LogP contribution in [0.3, 0.4) is 0 Å². The summed E-state index contributed by atoms with van der Waals surface area (Å²) in [5.74, 6) is 0. The highest BCUT2D eigenvalue weighted by Crippen LogP contribution is 2.39. The number of fused-ring (bicyclic) bond motifs is 1. The molecule has 1 saturated carbocycles. The topological polar surface area (TPSA) is 36.0 Å². The molecular weight excluding hydrogens is 186 g/mol. The first kappa shape index (κ1) is 8.98. The number of hydrogen-bond donors (Lipinski definition) is 2. The molecule has 3 rings (SSSR count). The Hall–Kier alpha value is -1.28. The molecule has 1 aliphatic rings. The summed E-state index contributed by atoms with van der Waals surface area (Å²) in [5, 5.41) is 12.8. The van der Waals surface area contributed by atoms with Crippen molar-refractivity contribution in [3.05, 3.63) is 36.2 Å². The molecule has 2 aromatic rings. The van der Waals surface area contributed by atoms with Crippen LogP contribution in [0.4, 0.5) is 0 Å². The molecule has 1 aromatic carbocycles. The Morgan fingerprint density at radius 1 is 1.07 bits per heavy atom. The molecule has 0 amide bonds. The molecule has 78 valence electrons. The Kier molecular flexibility index (Phi) is 1.86. The Labute approximate surface area is 88.9 Å². The molecule has 15 heavy (non-hydrogen) atoms. The first-order valence-electron chi connectivity index (χ1n) is 5.57. The van der Waals surface area contributed by atoms with Crippen LogP contribution in [0.1, 0.15) is 31.2 Å². The van der Waals surface area contributed by atoms with Gasteiger partial charge < -0.3 is 10.1 Å². The van der Waals surface area contributed by atoms with Crippen molar-refractivity contribution in [2.75, 3.05) is 0 Å². The molecule has 1 aromatic heterocycles. The molecule has 0 bridgehead atoms.